The molecule has 0 bridgehead atoms. The molecule has 20 nitrogen and oxygen atoms in total. The fourth-order valence-corrected chi connectivity index (χ4v) is 6.77. The molecule has 0 saturated carbocycles. The number of amides is 1. The van der Waals surface area contributed by atoms with Crippen LogP contribution in [0.15, 0.2) is 60.8 Å². The number of carbonyl (C=O) groups is 7. The molecule has 1 aromatic heterocycles. The highest BCUT2D eigenvalue weighted by Gasteiger charge is 2.22. The minimum absolute atomic E-state index is 0.00108. The van der Waals surface area contributed by atoms with Gasteiger partial charge in [-0.15, -0.1) is 0 Å². The number of H-pyrrole nitrogens is 1. The highest BCUT2D eigenvalue weighted by atomic mass is 16.5. The van der Waals surface area contributed by atoms with Crippen molar-refractivity contribution < 1.29 is 73.7 Å². The van der Waals surface area contributed by atoms with Crippen molar-refractivity contribution >= 4 is 64.0 Å². The highest BCUT2D eigenvalue weighted by Crippen LogP contribution is 2.37. The number of carboxylic acid groups (broad SMARTS) is 6. The number of aromatic nitrogens is 1. The normalized spacial score (nSPS) is 12.8. The van der Waals surface area contributed by atoms with Crippen LogP contribution in [0.5, 0.6) is 11.5 Å². The van der Waals surface area contributed by atoms with Gasteiger partial charge in [0.05, 0.1) is 73.4 Å². The maximum Gasteiger partial charge on any atom is 0.222 e. The number of nitrogens with zero attached hydrogens (tertiary/aromatic N) is 4. The van der Waals surface area contributed by atoms with Gasteiger partial charge in [0.2, 0.25) is 5.91 Å². The summed E-state index contributed by atoms with van der Waals surface area (Å²) in [6.07, 6.45) is 1.84. The molecule has 1 fully saturated rings. The second-order valence-corrected chi connectivity index (χ2v) is 13.7. The summed E-state index contributed by atoms with van der Waals surface area (Å²) in [5.74, 6) is -9.19. The number of aromatic carboxylic acids is 1. The van der Waals surface area contributed by atoms with Crippen molar-refractivity contribution in [2.75, 3.05) is 81.9 Å². The molecular weight excluding hydrogens is 790 g/mol. The average molecular weight is 828 g/mol. The van der Waals surface area contributed by atoms with Crippen molar-refractivity contribution in [1.82, 2.24) is 14.8 Å². The average Bonchev–Trinajstić information content (AvgIpc) is 3.61. The maximum absolute atomic E-state index is 13.0. The third-order valence-electron chi connectivity index (χ3n) is 9.48. The molecule has 2 heterocycles. The lowest BCUT2D eigenvalue weighted by Gasteiger charge is -2.35. The Balaban J connectivity index is 1.39. The molecule has 60 heavy (non-hydrogen) atoms. The number of fused-ring (bicyclic) bond motifs is 1. The quantitative estimate of drug-likeness (QED) is 0.0721. The Kier molecular flexibility index (Phi) is 14.5. The molecule has 0 radical (unpaired) electrons. The lowest BCUT2D eigenvalue weighted by Crippen LogP contribution is -2.51. The molecule has 1 N–H and O–H groups in total. The van der Waals surface area contributed by atoms with Gasteiger partial charge in [0.25, 0.3) is 0 Å². The largest absolute Gasteiger partial charge is 0.549 e. The van der Waals surface area contributed by atoms with Crippen LogP contribution < -0.4 is 49.9 Å². The van der Waals surface area contributed by atoms with Crippen LogP contribution >= 0.6 is 0 Å². The molecule has 3 aromatic carbocycles. The molecule has 0 aliphatic carbocycles. The Labute approximate surface area is 341 Å². The molecule has 1 aliphatic heterocycles. The number of aliphatic carboxylic acids is 5. The number of nitrogens with one attached hydrogen (secondary N) is 1. The first-order valence-electron chi connectivity index (χ1n) is 18.4. The Morgan fingerprint density at radius 3 is 1.72 bits per heavy atom. The molecule has 0 unspecified atom stereocenters. The summed E-state index contributed by atoms with van der Waals surface area (Å²) >= 11 is 0. The Hall–Kier alpha value is -7.35. The predicted octanol–water partition coefficient (Wildman–Crippen LogP) is -5.90. The number of piperazine rings is 1. The van der Waals surface area contributed by atoms with Crippen molar-refractivity contribution in [3.05, 3.63) is 71.9 Å². The Morgan fingerprint density at radius 2 is 1.18 bits per heavy atom. The van der Waals surface area contributed by atoms with Crippen LogP contribution in [0.25, 0.3) is 22.0 Å². The van der Waals surface area contributed by atoms with E-state index in [2.05, 4.69) is 4.98 Å². The van der Waals surface area contributed by atoms with Gasteiger partial charge in [0, 0.05) is 61.8 Å². The van der Waals surface area contributed by atoms with E-state index in [1.165, 1.54) is 36.4 Å². The topological polar surface area (TPSA) is 305 Å². The molecular formula is C40H37N5O15-6. The lowest BCUT2D eigenvalue weighted by molar-refractivity contribution is -0.307. The summed E-state index contributed by atoms with van der Waals surface area (Å²) in [6, 6.07) is 13.2. The van der Waals surface area contributed by atoms with Gasteiger partial charge in [-0.25, -0.2) is 0 Å². The zero-order chi connectivity index (χ0) is 43.5. The van der Waals surface area contributed by atoms with Gasteiger partial charge in [-0.1, -0.05) is 24.3 Å². The molecule has 0 spiro atoms. The summed E-state index contributed by atoms with van der Waals surface area (Å²) in [5, 5.41) is 69.3. The molecule has 1 aliphatic rings. The summed E-state index contributed by atoms with van der Waals surface area (Å²) in [5.41, 5.74) is 2.07. The van der Waals surface area contributed by atoms with Gasteiger partial charge in [-0.3, -0.25) is 9.69 Å². The molecule has 0 atom stereocenters. The van der Waals surface area contributed by atoms with Crippen LogP contribution in [0.3, 0.4) is 0 Å². The Bertz CT molecular complexity index is 2230. The van der Waals surface area contributed by atoms with Crippen LogP contribution in [0.2, 0.25) is 0 Å². The fourth-order valence-electron chi connectivity index (χ4n) is 6.77. The van der Waals surface area contributed by atoms with Gasteiger partial charge in [0.15, 0.2) is 0 Å². The first-order chi connectivity index (χ1) is 28.6. The number of aromatic amines is 1. The molecule has 1 saturated heterocycles. The van der Waals surface area contributed by atoms with E-state index < -0.39 is 62.0 Å². The van der Waals surface area contributed by atoms with Gasteiger partial charge < -0.3 is 88.6 Å². The third kappa shape index (κ3) is 11.8. The number of anilines is 2. The van der Waals surface area contributed by atoms with Crippen LogP contribution in [-0.4, -0.2) is 129 Å². The number of hydrogen-bond donors (Lipinski definition) is 1. The van der Waals surface area contributed by atoms with E-state index >= 15 is 0 Å². The van der Waals surface area contributed by atoms with Crippen molar-refractivity contribution in [1.29, 1.82) is 0 Å². The van der Waals surface area contributed by atoms with Crippen LogP contribution in [0.4, 0.5) is 11.4 Å². The van der Waals surface area contributed by atoms with Crippen molar-refractivity contribution in [2.45, 2.75) is 12.8 Å². The van der Waals surface area contributed by atoms with E-state index in [0.717, 1.165) is 9.80 Å². The monoisotopic (exact) mass is 827 g/mol. The van der Waals surface area contributed by atoms with Gasteiger partial charge in [-0.05, 0) is 53.4 Å². The number of carboxylic acids is 6. The molecule has 1 amide bonds. The third-order valence-corrected chi connectivity index (χ3v) is 9.48. The first-order valence-corrected chi connectivity index (χ1v) is 18.4. The smallest absolute Gasteiger partial charge is 0.222 e. The number of ether oxygens (including phenoxy) is 2. The van der Waals surface area contributed by atoms with Crippen LogP contribution in [-0.2, 0) is 35.2 Å². The zero-order valence-corrected chi connectivity index (χ0v) is 31.9. The summed E-state index contributed by atoms with van der Waals surface area (Å²) < 4.78 is 12.0. The SMILES string of the molecule is O=C([O-])CN1CCN(C(=O)CCc2ccc(N(CC(=O)[O-])CC(=O)[O-])c(OCCOc3cc(-c4c[nH]c5cc(C(=O)[O-])ccc45)ccc3N(CC(=O)[O-])CC(=O)[O-])c2)CC1. The molecule has 5 rings (SSSR count). The molecule has 20 heteroatoms. The number of rotatable bonds is 22. The standard InChI is InChI=1S/C40H43N5O15/c46-34(43-11-9-42(10-12-43)19-35(47)48)8-2-24-1-6-30(44(20-36(49)50)21-37(51)52)32(15-24)59-13-14-60-33-17-25(4-7-31(33)45(22-38(53)54)23-39(55)56)28-18-41-29-16-26(40(57)58)3-5-27(28)29/h1,3-7,15-18,41H,2,8-14,19-23H2,(H,47,48)(H,49,50)(H,51,52)(H,53,54)(H,55,56)(H,57,58)/p-6. The van der Waals surface area contributed by atoms with E-state index in [9.17, 15) is 64.2 Å². The summed E-state index contributed by atoms with van der Waals surface area (Å²) in [6.45, 7) is -2.91. The number of aryl methyl sites for hydroxylation is 1. The van der Waals surface area contributed by atoms with E-state index in [-0.39, 0.29) is 66.9 Å². The number of hydrogen-bond acceptors (Lipinski definition) is 18. The highest BCUT2D eigenvalue weighted by molar-refractivity contribution is 6.00. The molecule has 4 aromatic rings. The fraction of sp³-hybridized carbons (Fsp3) is 0.325. The second-order valence-electron chi connectivity index (χ2n) is 13.7. The van der Waals surface area contributed by atoms with Gasteiger partial charge >= 0.3 is 0 Å². The van der Waals surface area contributed by atoms with Crippen LogP contribution in [0, 0.1) is 0 Å². The summed E-state index contributed by atoms with van der Waals surface area (Å²) in [7, 11) is 0. The lowest BCUT2D eigenvalue weighted by atomic mass is 10.0. The van der Waals surface area contributed by atoms with Crippen molar-refractivity contribution in [3.8, 4) is 22.6 Å². The minimum Gasteiger partial charge on any atom is -0.549 e. The predicted molar refractivity (Wildman–Crippen MR) is 196 cm³/mol. The van der Waals surface area contributed by atoms with E-state index in [1.54, 1.807) is 34.2 Å². The zero-order valence-electron chi connectivity index (χ0n) is 31.9. The number of carbonyl (C=O) groups excluding carboxylic acids is 7. The van der Waals surface area contributed by atoms with Gasteiger partial charge in [0.1, 0.15) is 24.7 Å². The van der Waals surface area contributed by atoms with Crippen molar-refractivity contribution in [3.63, 3.8) is 0 Å². The molecule has 318 valence electrons. The second kappa shape index (κ2) is 19.9. The maximum atomic E-state index is 13.0. The first kappa shape index (κ1) is 43.8. The Morgan fingerprint density at radius 1 is 0.633 bits per heavy atom. The van der Waals surface area contributed by atoms with E-state index in [0.29, 0.717) is 53.8 Å². The van der Waals surface area contributed by atoms with E-state index in [1.807, 2.05) is 0 Å². The number of benzene rings is 3. The van der Waals surface area contributed by atoms with E-state index in [4.69, 9.17) is 9.47 Å². The van der Waals surface area contributed by atoms with Gasteiger partial charge in [-0.2, -0.15) is 0 Å². The minimum atomic E-state index is -1.60. The van der Waals surface area contributed by atoms with Crippen molar-refractivity contribution in [2.24, 2.45) is 0 Å². The summed E-state index contributed by atoms with van der Waals surface area (Å²) in [4.78, 5) is 89.9. The van der Waals surface area contributed by atoms with Crippen LogP contribution in [0.1, 0.15) is 22.3 Å².